The Kier molecular flexibility index (Phi) is 4.45. The second kappa shape index (κ2) is 6.27. The minimum absolute atomic E-state index is 0.163. The van der Waals surface area contributed by atoms with E-state index in [0.29, 0.717) is 18.3 Å². The van der Waals surface area contributed by atoms with Gasteiger partial charge >= 0.3 is 12.0 Å². The van der Waals surface area contributed by atoms with Gasteiger partial charge in [0.25, 0.3) is 0 Å². The maximum Gasteiger partial charge on any atom is 0.337 e. The first-order valence-corrected chi connectivity index (χ1v) is 6.54. The molecule has 1 aliphatic carbocycles. The Bertz CT molecular complexity index is 500. The zero-order valence-corrected chi connectivity index (χ0v) is 11.7. The van der Waals surface area contributed by atoms with Gasteiger partial charge in [0.1, 0.15) is 0 Å². The molecule has 1 aromatic carbocycles. The molecule has 0 spiro atoms. The highest BCUT2D eigenvalue weighted by atomic mass is 16.5. The predicted molar refractivity (Wildman–Crippen MR) is 75.7 cm³/mol. The third-order valence-corrected chi connectivity index (χ3v) is 3.10. The number of urea groups is 1. The van der Waals surface area contributed by atoms with Crippen molar-refractivity contribution in [2.24, 2.45) is 0 Å². The lowest BCUT2D eigenvalue weighted by Crippen LogP contribution is -2.42. The van der Waals surface area contributed by atoms with Gasteiger partial charge in [0, 0.05) is 18.8 Å². The summed E-state index contributed by atoms with van der Waals surface area (Å²) in [5, 5.41) is 5.62. The average molecular weight is 277 g/mol. The number of benzene rings is 1. The summed E-state index contributed by atoms with van der Waals surface area (Å²) in [5.74, 6) is -0.375. The van der Waals surface area contributed by atoms with Gasteiger partial charge in [-0.3, -0.25) is 0 Å². The fourth-order valence-corrected chi connectivity index (χ4v) is 1.73. The number of esters is 1. The number of anilines is 1. The smallest absolute Gasteiger partial charge is 0.337 e. The second-order valence-electron chi connectivity index (χ2n) is 4.82. The van der Waals surface area contributed by atoms with Gasteiger partial charge in [0.2, 0.25) is 0 Å². The molecule has 20 heavy (non-hydrogen) atoms. The van der Waals surface area contributed by atoms with E-state index in [1.54, 1.807) is 18.2 Å². The van der Waals surface area contributed by atoms with E-state index in [2.05, 4.69) is 15.4 Å². The van der Waals surface area contributed by atoms with Crippen LogP contribution in [0.25, 0.3) is 0 Å². The Morgan fingerprint density at radius 2 is 2.15 bits per heavy atom. The van der Waals surface area contributed by atoms with Gasteiger partial charge in [-0.15, -0.1) is 0 Å². The minimum Gasteiger partial charge on any atom is -0.465 e. The van der Waals surface area contributed by atoms with Crippen molar-refractivity contribution >= 4 is 17.7 Å². The quantitative estimate of drug-likeness (QED) is 0.629. The van der Waals surface area contributed by atoms with E-state index in [-0.39, 0.29) is 12.0 Å². The number of ether oxygens (including phenoxy) is 1. The third kappa shape index (κ3) is 3.88. The first-order valence-electron chi connectivity index (χ1n) is 6.54. The normalized spacial score (nSPS) is 13.5. The summed E-state index contributed by atoms with van der Waals surface area (Å²) in [7, 11) is 3.19. The summed E-state index contributed by atoms with van der Waals surface area (Å²) >= 11 is 0. The zero-order valence-electron chi connectivity index (χ0n) is 11.7. The molecule has 2 amide bonds. The molecule has 1 aromatic rings. The Morgan fingerprint density at radius 3 is 2.80 bits per heavy atom. The molecule has 0 radical (unpaired) electrons. The molecule has 2 rings (SSSR count). The van der Waals surface area contributed by atoms with Crippen LogP contribution in [0.2, 0.25) is 0 Å². The predicted octanol–water partition coefficient (Wildman–Crippen LogP) is 1.33. The SMILES string of the molecule is COC(=O)c1cccc(N(C)CNC(=O)NC2CC2)c1. The minimum atomic E-state index is -0.375. The van der Waals surface area contributed by atoms with Crippen molar-refractivity contribution in [1.82, 2.24) is 10.6 Å². The summed E-state index contributed by atoms with van der Waals surface area (Å²) in [5.41, 5.74) is 1.32. The fraction of sp³-hybridized carbons (Fsp3) is 0.429. The standard InChI is InChI=1S/C14H19N3O3/c1-17(9-15-14(19)16-11-6-7-11)12-5-3-4-10(8-12)13(18)20-2/h3-5,8,11H,6-7,9H2,1-2H3,(H2,15,16,19). The number of nitrogens with one attached hydrogen (secondary N) is 2. The van der Waals surface area contributed by atoms with Crippen molar-refractivity contribution in [1.29, 1.82) is 0 Å². The summed E-state index contributed by atoms with van der Waals surface area (Å²) in [4.78, 5) is 24.8. The number of rotatable bonds is 5. The topological polar surface area (TPSA) is 70.7 Å². The zero-order chi connectivity index (χ0) is 14.5. The fourth-order valence-electron chi connectivity index (χ4n) is 1.73. The van der Waals surface area contributed by atoms with E-state index < -0.39 is 0 Å². The summed E-state index contributed by atoms with van der Waals surface area (Å²) < 4.78 is 4.68. The monoisotopic (exact) mass is 277 g/mol. The Balaban J connectivity index is 1.89. The van der Waals surface area contributed by atoms with Crippen molar-refractivity contribution < 1.29 is 14.3 Å². The molecule has 0 saturated heterocycles. The van der Waals surface area contributed by atoms with Crippen LogP contribution in [0.4, 0.5) is 10.5 Å². The summed E-state index contributed by atoms with van der Waals surface area (Å²) in [6, 6.07) is 7.24. The number of carbonyl (C=O) groups is 2. The molecular formula is C14H19N3O3. The van der Waals surface area contributed by atoms with Gasteiger partial charge in [-0.25, -0.2) is 9.59 Å². The maximum atomic E-state index is 11.5. The van der Waals surface area contributed by atoms with E-state index in [1.165, 1.54) is 7.11 Å². The molecular weight excluding hydrogens is 258 g/mol. The van der Waals surface area contributed by atoms with Crippen molar-refractivity contribution in [2.45, 2.75) is 18.9 Å². The molecule has 1 saturated carbocycles. The van der Waals surface area contributed by atoms with E-state index in [9.17, 15) is 9.59 Å². The average Bonchev–Trinajstić information content (AvgIpc) is 3.28. The Labute approximate surface area is 118 Å². The maximum absolute atomic E-state index is 11.5. The molecule has 6 nitrogen and oxygen atoms in total. The molecule has 0 bridgehead atoms. The third-order valence-electron chi connectivity index (χ3n) is 3.10. The molecule has 0 heterocycles. The molecule has 0 atom stereocenters. The van der Waals surface area contributed by atoms with Crippen LogP contribution < -0.4 is 15.5 Å². The first-order chi connectivity index (χ1) is 9.60. The van der Waals surface area contributed by atoms with Crippen LogP contribution in [0, 0.1) is 0 Å². The van der Waals surface area contributed by atoms with Crippen LogP contribution in [-0.2, 0) is 4.74 Å². The lowest BCUT2D eigenvalue weighted by Gasteiger charge is -2.20. The highest BCUT2D eigenvalue weighted by Crippen LogP contribution is 2.18. The van der Waals surface area contributed by atoms with Crippen molar-refractivity contribution in [3.8, 4) is 0 Å². The molecule has 2 N–H and O–H groups in total. The van der Waals surface area contributed by atoms with Gasteiger partial charge in [-0.2, -0.15) is 0 Å². The lowest BCUT2D eigenvalue weighted by atomic mass is 10.2. The first kappa shape index (κ1) is 14.2. The van der Waals surface area contributed by atoms with Gasteiger partial charge in [-0.05, 0) is 31.0 Å². The number of methoxy groups -OCH3 is 1. The number of hydrogen-bond acceptors (Lipinski definition) is 4. The van der Waals surface area contributed by atoms with Crippen molar-refractivity contribution in [2.75, 3.05) is 25.7 Å². The second-order valence-corrected chi connectivity index (χ2v) is 4.82. The van der Waals surface area contributed by atoms with Crippen LogP contribution >= 0.6 is 0 Å². The number of nitrogens with zero attached hydrogens (tertiary/aromatic N) is 1. The van der Waals surface area contributed by atoms with Gasteiger partial charge in [0.15, 0.2) is 0 Å². The number of amides is 2. The van der Waals surface area contributed by atoms with E-state index in [4.69, 9.17) is 0 Å². The summed E-state index contributed by atoms with van der Waals surface area (Å²) in [6.45, 7) is 0.364. The lowest BCUT2D eigenvalue weighted by molar-refractivity contribution is 0.0600. The summed E-state index contributed by atoms with van der Waals surface area (Å²) in [6.07, 6.45) is 2.12. The van der Waals surface area contributed by atoms with Crippen LogP contribution in [0.1, 0.15) is 23.2 Å². The molecule has 1 fully saturated rings. The molecule has 0 aromatic heterocycles. The Morgan fingerprint density at radius 1 is 1.40 bits per heavy atom. The number of carbonyl (C=O) groups excluding carboxylic acids is 2. The molecule has 108 valence electrons. The molecule has 0 aliphatic heterocycles. The van der Waals surface area contributed by atoms with Crippen LogP contribution in [0.3, 0.4) is 0 Å². The van der Waals surface area contributed by atoms with E-state index >= 15 is 0 Å². The van der Waals surface area contributed by atoms with Crippen molar-refractivity contribution in [3.05, 3.63) is 29.8 Å². The van der Waals surface area contributed by atoms with Gasteiger partial charge < -0.3 is 20.3 Å². The van der Waals surface area contributed by atoms with Gasteiger partial charge in [-0.1, -0.05) is 6.07 Å². The number of hydrogen-bond donors (Lipinski definition) is 2. The Hall–Kier alpha value is -2.24. The highest BCUT2D eigenvalue weighted by molar-refractivity contribution is 5.90. The van der Waals surface area contributed by atoms with Crippen LogP contribution in [0.5, 0.6) is 0 Å². The van der Waals surface area contributed by atoms with Crippen molar-refractivity contribution in [3.63, 3.8) is 0 Å². The van der Waals surface area contributed by atoms with E-state index in [1.807, 2.05) is 18.0 Å². The molecule has 1 aliphatic rings. The van der Waals surface area contributed by atoms with Crippen LogP contribution in [-0.4, -0.2) is 38.9 Å². The largest absolute Gasteiger partial charge is 0.465 e. The van der Waals surface area contributed by atoms with Crippen LogP contribution in [0.15, 0.2) is 24.3 Å². The molecule has 0 unspecified atom stereocenters. The van der Waals surface area contributed by atoms with E-state index in [0.717, 1.165) is 18.5 Å². The van der Waals surface area contributed by atoms with Gasteiger partial charge in [0.05, 0.1) is 19.3 Å². The molecule has 6 heteroatoms. The highest BCUT2D eigenvalue weighted by Gasteiger charge is 2.23.